The number of anilines is 1. The lowest BCUT2D eigenvalue weighted by Crippen LogP contribution is -2.05. The number of nitrogens with one attached hydrogen (secondary N) is 1. The molecule has 2 heteroatoms. The van der Waals surface area contributed by atoms with Crippen LogP contribution in [-0.4, -0.2) is 7.11 Å². The summed E-state index contributed by atoms with van der Waals surface area (Å²) in [6, 6.07) is 12.5. The van der Waals surface area contributed by atoms with E-state index in [9.17, 15) is 0 Å². The quantitative estimate of drug-likeness (QED) is 0.882. The highest BCUT2D eigenvalue weighted by molar-refractivity contribution is 5.56. The molecular formula is C17H21NO. The van der Waals surface area contributed by atoms with Crippen molar-refractivity contribution >= 4 is 5.69 Å². The third-order valence-electron chi connectivity index (χ3n) is 3.40. The van der Waals surface area contributed by atoms with E-state index in [0.29, 0.717) is 0 Å². The van der Waals surface area contributed by atoms with Crippen LogP contribution in [0.1, 0.15) is 22.3 Å². The van der Waals surface area contributed by atoms with Crippen LogP contribution >= 0.6 is 0 Å². The normalized spacial score (nSPS) is 10.3. The van der Waals surface area contributed by atoms with E-state index in [4.69, 9.17) is 4.74 Å². The minimum Gasteiger partial charge on any atom is -0.495 e. The second-order valence-corrected chi connectivity index (χ2v) is 4.93. The fourth-order valence-corrected chi connectivity index (χ4v) is 2.46. The number of hydrogen-bond acceptors (Lipinski definition) is 2. The van der Waals surface area contributed by atoms with Crippen molar-refractivity contribution in [2.45, 2.75) is 27.3 Å². The minimum absolute atomic E-state index is 0.818. The van der Waals surface area contributed by atoms with Crippen molar-refractivity contribution < 1.29 is 4.74 Å². The highest BCUT2D eigenvalue weighted by Crippen LogP contribution is 2.25. The topological polar surface area (TPSA) is 21.3 Å². The Balaban J connectivity index is 2.19. The average Bonchev–Trinajstić information content (AvgIpc) is 2.38. The molecule has 2 rings (SSSR count). The standard InChI is InChI=1S/C17H21NO/c1-12-9-13(2)15(14(3)10-12)11-18-16-7-5-6-8-17(16)19-4/h5-10,18H,11H2,1-4H3. The number of methoxy groups -OCH3 is 1. The second kappa shape index (κ2) is 5.79. The molecule has 0 heterocycles. The predicted molar refractivity (Wildman–Crippen MR) is 81.0 cm³/mol. The van der Waals surface area contributed by atoms with Crippen molar-refractivity contribution in [1.82, 2.24) is 0 Å². The van der Waals surface area contributed by atoms with Crippen LogP contribution in [0.3, 0.4) is 0 Å². The molecule has 100 valence electrons. The number of para-hydroxylation sites is 2. The zero-order valence-corrected chi connectivity index (χ0v) is 12.1. The van der Waals surface area contributed by atoms with E-state index in [1.165, 1.54) is 22.3 Å². The van der Waals surface area contributed by atoms with Crippen molar-refractivity contribution in [1.29, 1.82) is 0 Å². The molecule has 0 radical (unpaired) electrons. The maximum absolute atomic E-state index is 5.35. The highest BCUT2D eigenvalue weighted by Gasteiger charge is 2.05. The maximum atomic E-state index is 5.35. The van der Waals surface area contributed by atoms with E-state index in [2.05, 4.69) is 38.2 Å². The van der Waals surface area contributed by atoms with Crippen LogP contribution in [0.25, 0.3) is 0 Å². The third-order valence-corrected chi connectivity index (χ3v) is 3.40. The number of ether oxygens (including phenoxy) is 1. The first-order valence-corrected chi connectivity index (χ1v) is 6.55. The lowest BCUT2D eigenvalue weighted by molar-refractivity contribution is 0.416. The Bertz CT molecular complexity index is 552. The van der Waals surface area contributed by atoms with E-state index in [1.54, 1.807) is 7.11 Å². The van der Waals surface area contributed by atoms with Gasteiger partial charge in [0.2, 0.25) is 0 Å². The molecule has 0 unspecified atom stereocenters. The van der Waals surface area contributed by atoms with Crippen LogP contribution in [0.15, 0.2) is 36.4 Å². The fourth-order valence-electron chi connectivity index (χ4n) is 2.46. The van der Waals surface area contributed by atoms with Gasteiger partial charge in [0, 0.05) is 6.54 Å². The van der Waals surface area contributed by atoms with Crippen molar-refractivity contribution in [3.8, 4) is 5.75 Å². The largest absolute Gasteiger partial charge is 0.495 e. The van der Waals surface area contributed by atoms with Gasteiger partial charge in [-0.05, 0) is 49.6 Å². The average molecular weight is 255 g/mol. The van der Waals surface area contributed by atoms with Crippen LogP contribution in [0.4, 0.5) is 5.69 Å². The first kappa shape index (κ1) is 13.5. The van der Waals surface area contributed by atoms with Crippen LogP contribution in [0.2, 0.25) is 0 Å². The molecule has 0 amide bonds. The van der Waals surface area contributed by atoms with Gasteiger partial charge in [-0.3, -0.25) is 0 Å². The van der Waals surface area contributed by atoms with E-state index in [1.807, 2.05) is 24.3 Å². The fraction of sp³-hybridized carbons (Fsp3) is 0.294. The summed E-state index contributed by atoms with van der Waals surface area (Å²) < 4.78 is 5.35. The molecule has 0 spiro atoms. The molecule has 0 bridgehead atoms. The van der Waals surface area contributed by atoms with Gasteiger partial charge in [0.25, 0.3) is 0 Å². The molecule has 19 heavy (non-hydrogen) atoms. The van der Waals surface area contributed by atoms with Crippen molar-refractivity contribution in [3.63, 3.8) is 0 Å². The predicted octanol–water partition coefficient (Wildman–Crippen LogP) is 4.23. The van der Waals surface area contributed by atoms with Gasteiger partial charge in [-0.2, -0.15) is 0 Å². The summed E-state index contributed by atoms with van der Waals surface area (Å²) in [5.74, 6) is 0.880. The monoisotopic (exact) mass is 255 g/mol. The van der Waals surface area contributed by atoms with E-state index in [-0.39, 0.29) is 0 Å². The molecule has 2 aromatic rings. The molecule has 0 saturated heterocycles. The van der Waals surface area contributed by atoms with Gasteiger partial charge in [-0.1, -0.05) is 29.8 Å². The SMILES string of the molecule is COc1ccccc1NCc1c(C)cc(C)cc1C. The van der Waals surface area contributed by atoms with Gasteiger partial charge in [-0.25, -0.2) is 0 Å². The van der Waals surface area contributed by atoms with Gasteiger partial charge in [0.05, 0.1) is 12.8 Å². The molecule has 0 atom stereocenters. The van der Waals surface area contributed by atoms with E-state index in [0.717, 1.165) is 18.0 Å². The van der Waals surface area contributed by atoms with Crippen LogP contribution in [0, 0.1) is 20.8 Å². The molecule has 0 saturated carbocycles. The Kier molecular flexibility index (Phi) is 4.10. The summed E-state index contributed by atoms with van der Waals surface area (Å²) in [6.07, 6.45) is 0. The number of benzene rings is 2. The zero-order valence-electron chi connectivity index (χ0n) is 12.1. The first-order valence-electron chi connectivity index (χ1n) is 6.55. The number of hydrogen-bond donors (Lipinski definition) is 1. The van der Waals surface area contributed by atoms with Gasteiger partial charge in [0.15, 0.2) is 0 Å². The van der Waals surface area contributed by atoms with Crippen LogP contribution in [-0.2, 0) is 6.54 Å². The van der Waals surface area contributed by atoms with Gasteiger partial charge in [-0.15, -0.1) is 0 Å². The molecule has 2 nitrogen and oxygen atoms in total. The Morgan fingerprint density at radius 2 is 1.63 bits per heavy atom. The molecule has 0 aliphatic rings. The third kappa shape index (κ3) is 3.08. The van der Waals surface area contributed by atoms with E-state index < -0.39 is 0 Å². The lowest BCUT2D eigenvalue weighted by atomic mass is 10.00. The van der Waals surface area contributed by atoms with Crippen LogP contribution < -0.4 is 10.1 Å². The van der Waals surface area contributed by atoms with Crippen molar-refractivity contribution in [3.05, 3.63) is 58.7 Å². The molecule has 0 aliphatic heterocycles. The molecule has 2 aromatic carbocycles. The zero-order chi connectivity index (χ0) is 13.8. The molecule has 0 aromatic heterocycles. The number of rotatable bonds is 4. The molecule has 1 N–H and O–H groups in total. The van der Waals surface area contributed by atoms with Crippen molar-refractivity contribution in [2.75, 3.05) is 12.4 Å². The smallest absolute Gasteiger partial charge is 0.141 e. The second-order valence-electron chi connectivity index (χ2n) is 4.93. The highest BCUT2D eigenvalue weighted by atomic mass is 16.5. The summed E-state index contributed by atoms with van der Waals surface area (Å²) in [5.41, 5.74) is 6.37. The summed E-state index contributed by atoms with van der Waals surface area (Å²) >= 11 is 0. The molecular weight excluding hydrogens is 234 g/mol. The first-order chi connectivity index (χ1) is 9.11. The molecule has 0 fully saturated rings. The Morgan fingerprint density at radius 1 is 1.00 bits per heavy atom. The Hall–Kier alpha value is -1.96. The van der Waals surface area contributed by atoms with E-state index >= 15 is 0 Å². The summed E-state index contributed by atoms with van der Waals surface area (Å²) in [4.78, 5) is 0. The summed E-state index contributed by atoms with van der Waals surface area (Å²) in [6.45, 7) is 7.29. The van der Waals surface area contributed by atoms with Crippen molar-refractivity contribution in [2.24, 2.45) is 0 Å². The summed E-state index contributed by atoms with van der Waals surface area (Å²) in [7, 11) is 1.70. The van der Waals surface area contributed by atoms with Gasteiger partial charge >= 0.3 is 0 Å². The minimum atomic E-state index is 0.818. The maximum Gasteiger partial charge on any atom is 0.141 e. The van der Waals surface area contributed by atoms with Crippen LogP contribution in [0.5, 0.6) is 5.75 Å². The Morgan fingerprint density at radius 3 is 2.26 bits per heavy atom. The summed E-state index contributed by atoms with van der Waals surface area (Å²) in [5, 5.41) is 3.46. The Labute approximate surface area is 115 Å². The lowest BCUT2D eigenvalue weighted by Gasteiger charge is -2.15. The number of aryl methyl sites for hydroxylation is 3. The molecule has 0 aliphatic carbocycles. The van der Waals surface area contributed by atoms with Gasteiger partial charge in [0.1, 0.15) is 5.75 Å². The van der Waals surface area contributed by atoms with Gasteiger partial charge < -0.3 is 10.1 Å².